The predicted octanol–water partition coefficient (Wildman–Crippen LogP) is 1.39. The Morgan fingerprint density at radius 3 is 2.82 bits per heavy atom. The Hall–Kier alpha value is -2.41. The van der Waals surface area contributed by atoms with Gasteiger partial charge in [0.1, 0.15) is 0 Å². The molecule has 1 N–H and O–H groups in total. The minimum Gasteiger partial charge on any atom is -0.461 e. The molecule has 22 heavy (non-hydrogen) atoms. The van der Waals surface area contributed by atoms with Crippen molar-refractivity contribution in [3.05, 3.63) is 40.0 Å². The normalized spacial score (nSPS) is 16.1. The first kappa shape index (κ1) is 14.5. The molecular weight excluding hydrogens is 284 g/mol. The number of aryl methyl sites for hydroxylation is 1. The summed E-state index contributed by atoms with van der Waals surface area (Å²) >= 11 is 0. The Bertz CT molecular complexity index is 728. The first-order chi connectivity index (χ1) is 10.6. The summed E-state index contributed by atoms with van der Waals surface area (Å²) in [5.74, 6) is 0.963. The molecule has 7 heteroatoms. The molecule has 0 amide bonds. The van der Waals surface area contributed by atoms with Gasteiger partial charge in [0.05, 0.1) is 49.5 Å². The Morgan fingerprint density at radius 2 is 2.18 bits per heavy atom. The number of morpholine rings is 1. The monoisotopic (exact) mass is 302 g/mol. The van der Waals surface area contributed by atoms with E-state index in [0.29, 0.717) is 41.8 Å². The lowest BCUT2D eigenvalue weighted by Crippen LogP contribution is -2.33. The van der Waals surface area contributed by atoms with E-state index in [2.05, 4.69) is 15.1 Å². The average Bonchev–Trinajstić information content (AvgIpc) is 3.01. The van der Waals surface area contributed by atoms with Crippen molar-refractivity contribution in [2.75, 3.05) is 26.3 Å². The van der Waals surface area contributed by atoms with Gasteiger partial charge in [-0.1, -0.05) is 0 Å². The highest BCUT2D eigenvalue weighted by Gasteiger charge is 2.15. The fourth-order valence-corrected chi connectivity index (χ4v) is 2.46. The number of hydrazone groups is 1. The Labute approximate surface area is 127 Å². The molecule has 0 aliphatic carbocycles. The highest BCUT2D eigenvalue weighted by atomic mass is 16.5. The zero-order chi connectivity index (χ0) is 15.5. The third kappa shape index (κ3) is 2.94. The van der Waals surface area contributed by atoms with E-state index in [0.717, 1.165) is 13.1 Å². The van der Waals surface area contributed by atoms with Gasteiger partial charge < -0.3 is 14.1 Å². The molecule has 1 fully saturated rings. The van der Waals surface area contributed by atoms with Gasteiger partial charge in [0.2, 0.25) is 0 Å². The van der Waals surface area contributed by atoms with Gasteiger partial charge in [0.25, 0.3) is 5.56 Å². The molecule has 3 rings (SSSR count). The molecule has 1 aliphatic heterocycles. The van der Waals surface area contributed by atoms with Crippen LogP contribution in [0.15, 0.2) is 32.7 Å². The topological polar surface area (TPSA) is 83.7 Å². The first-order valence-corrected chi connectivity index (χ1v) is 7.18. The van der Waals surface area contributed by atoms with Gasteiger partial charge in [-0.15, -0.1) is 0 Å². The summed E-state index contributed by atoms with van der Waals surface area (Å²) in [4.78, 5) is 19.5. The number of rotatable bonds is 3. The van der Waals surface area contributed by atoms with Gasteiger partial charge >= 0.3 is 0 Å². The SMILES string of the molecule is CC(=NN1CCOCC1)c1c(C)nc(-c2ccco2)[nH]c1=O. The minimum atomic E-state index is -0.214. The molecule has 0 spiro atoms. The second-order valence-electron chi connectivity index (χ2n) is 5.10. The number of hydrogen-bond acceptors (Lipinski definition) is 6. The molecule has 1 saturated heterocycles. The lowest BCUT2D eigenvalue weighted by molar-refractivity contribution is 0.0393. The van der Waals surface area contributed by atoms with Crippen molar-refractivity contribution in [3.8, 4) is 11.6 Å². The van der Waals surface area contributed by atoms with Crippen LogP contribution >= 0.6 is 0 Å². The van der Waals surface area contributed by atoms with Crippen molar-refractivity contribution >= 4 is 5.71 Å². The van der Waals surface area contributed by atoms with E-state index in [1.807, 2.05) is 11.9 Å². The third-order valence-electron chi connectivity index (χ3n) is 3.50. The summed E-state index contributed by atoms with van der Waals surface area (Å²) in [5, 5.41) is 6.42. The molecular formula is C15H18N4O3. The van der Waals surface area contributed by atoms with E-state index in [1.165, 1.54) is 0 Å². The summed E-state index contributed by atoms with van der Waals surface area (Å²) in [6, 6.07) is 3.51. The lowest BCUT2D eigenvalue weighted by Gasteiger charge is -2.24. The number of furan rings is 1. The number of aromatic nitrogens is 2. The summed E-state index contributed by atoms with van der Waals surface area (Å²) in [5.41, 5.74) is 1.57. The van der Waals surface area contributed by atoms with E-state index in [1.54, 1.807) is 25.3 Å². The number of aromatic amines is 1. The van der Waals surface area contributed by atoms with Crippen LogP contribution in [0.2, 0.25) is 0 Å². The summed E-state index contributed by atoms with van der Waals surface area (Å²) in [7, 11) is 0. The Kier molecular flexibility index (Phi) is 4.06. The second kappa shape index (κ2) is 6.15. The number of nitrogens with zero attached hydrogens (tertiary/aromatic N) is 3. The van der Waals surface area contributed by atoms with Crippen LogP contribution in [0, 0.1) is 6.92 Å². The van der Waals surface area contributed by atoms with Crippen LogP contribution in [-0.2, 0) is 4.74 Å². The number of nitrogens with one attached hydrogen (secondary N) is 1. The molecule has 0 unspecified atom stereocenters. The van der Waals surface area contributed by atoms with E-state index in [4.69, 9.17) is 9.15 Å². The summed E-state index contributed by atoms with van der Waals surface area (Å²) < 4.78 is 10.6. The van der Waals surface area contributed by atoms with Gasteiger partial charge in [0.15, 0.2) is 11.6 Å². The highest BCUT2D eigenvalue weighted by Crippen LogP contribution is 2.15. The number of ether oxygens (including phenoxy) is 1. The molecule has 0 atom stereocenters. The largest absolute Gasteiger partial charge is 0.461 e. The molecule has 1 aliphatic rings. The van der Waals surface area contributed by atoms with Crippen molar-refractivity contribution in [3.63, 3.8) is 0 Å². The van der Waals surface area contributed by atoms with E-state index < -0.39 is 0 Å². The van der Waals surface area contributed by atoms with Crippen LogP contribution in [0.1, 0.15) is 18.2 Å². The fourth-order valence-electron chi connectivity index (χ4n) is 2.46. The number of hydrogen-bond donors (Lipinski definition) is 1. The summed E-state index contributed by atoms with van der Waals surface area (Å²) in [6.45, 7) is 6.39. The maximum Gasteiger partial charge on any atom is 0.260 e. The zero-order valence-corrected chi connectivity index (χ0v) is 12.6. The lowest BCUT2D eigenvalue weighted by atomic mass is 10.1. The second-order valence-corrected chi connectivity index (χ2v) is 5.10. The molecule has 7 nitrogen and oxygen atoms in total. The zero-order valence-electron chi connectivity index (χ0n) is 12.6. The van der Waals surface area contributed by atoms with Crippen molar-refractivity contribution in [1.29, 1.82) is 0 Å². The molecule has 0 saturated carbocycles. The van der Waals surface area contributed by atoms with Crippen LogP contribution < -0.4 is 5.56 Å². The maximum absolute atomic E-state index is 12.4. The Balaban J connectivity index is 1.93. The maximum atomic E-state index is 12.4. The third-order valence-corrected chi connectivity index (χ3v) is 3.50. The van der Waals surface area contributed by atoms with E-state index in [-0.39, 0.29) is 5.56 Å². The highest BCUT2D eigenvalue weighted by molar-refractivity contribution is 5.99. The summed E-state index contributed by atoms with van der Waals surface area (Å²) in [6.07, 6.45) is 1.55. The van der Waals surface area contributed by atoms with Crippen LogP contribution in [0.25, 0.3) is 11.6 Å². The van der Waals surface area contributed by atoms with Crippen LogP contribution in [0.5, 0.6) is 0 Å². The van der Waals surface area contributed by atoms with E-state index in [9.17, 15) is 4.79 Å². The molecule has 116 valence electrons. The van der Waals surface area contributed by atoms with Crippen LogP contribution in [-0.4, -0.2) is 47.0 Å². The average molecular weight is 302 g/mol. The molecule has 2 aromatic heterocycles. The van der Waals surface area contributed by atoms with Crippen molar-refractivity contribution in [2.24, 2.45) is 5.10 Å². The molecule has 3 heterocycles. The van der Waals surface area contributed by atoms with E-state index >= 15 is 0 Å². The fraction of sp³-hybridized carbons (Fsp3) is 0.400. The van der Waals surface area contributed by atoms with Gasteiger partial charge in [-0.2, -0.15) is 5.10 Å². The van der Waals surface area contributed by atoms with Crippen molar-refractivity contribution in [2.45, 2.75) is 13.8 Å². The molecule has 2 aromatic rings. The molecule has 0 bridgehead atoms. The number of H-pyrrole nitrogens is 1. The predicted molar refractivity (Wildman–Crippen MR) is 81.9 cm³/mol. The van der Waals surface area contributed by atoms with Crippen LogP contribution in [0.4, 0.5) is 0 Å². The van der Waals surface area contributed by atoms with Gasteiger partial charge in [-0.25, -0.2) is 4.98 Å². The standard InChI is InChI=1S/C15H18N4O3/c1-10-13(11(2)18-19-5-8-21-9-6-19)15(20)17-14(16-10)12-4-3-7-22-12/h3-4,7H,5-6,8-9H2,1-2H3,(H,16,17,20). The first-order valence-electron chi connectivity index (χ1n) is 7.18. The minimum absolute atomic E-state index is 0.214. The van der Waals surface area contributed by atoms with Crippen LogP contribution in [0.3, 0.4) is 0 Å². The van der Waals surface area contributed by atoms with Crippen molar-refractivity contribution < 1.29 is 9.15 Å². The Morgan fingerprint density at radius 1 is 1.41 bits per heavy atom. The molecule has 0 radical (unpaired) electrons. The quantitative estimate of drug-likeness (QED) is 0.866. The van der Waals surface area contributed by atoms with Gasteiger partial charge in [0, 0.05) is 0 Å². The smallest absolute Gasteiger partial charge is 0.260 e. The molecule has 0 aromatic carbocycles. The van der Waals surface area contributed by atoms with Gasteiger partial charge in [-0.05, 0) is 26.0 Å². The van der Waals surface area contributed by atoms with Crippen molar-refractivity contribution in [1.82, 2.24) is 15.0 Å². The van der Waals surface area contributed by atoms with Gasteiger partial charge in [-0.3, -0.25) is 9.80 Å².